The highest BCUT2D eigenvalue weighted by Gasteiger charge is 2.08. The molecule has 0 aliphatic heterocycles. The van der Waals surface area contributed by atoms with Crippen molar-refractivity contribution in [3.05, 3.63) is 35.9 Å². The number of hydrogen-bond donors (Lipinski definition) is 1. The molecule has 0 heterocycles. The smallest absolute Gasteiger partial charge is 0.334 e. The van der Waals surface area contributed by atoms with E-state index in [-0.39, 0.29) is 13.0 Å². The quantitative estimate of drug-likeness (QED) is 0.619. The normalized spacial score (nSPS) is 9.71. The van der Waals surface area contributed by atoms with E-state index in [0.29, 0.717) is 12.2 Å². The number of carbonyl (C=O) groups is 2. The fourth-order valence-corrected chi connectivity index (χ4v) is 1.10. The molecule has 0 saturated carbocycles. The number of nitrogens with one attached hydrogen (secondary N) is 1. The molecule has 0 aromatic heterocycles. The predicted octanol–water partition coefficient (Wildman–Crippen LogP) is 1.30. The predicted molar refractivity (Wildman–Crippen MR) is 61.1 cm³/mol. The van der Waals surface area contributed by atoms with Crippen molar-refractivity contribution in [1.29, 1.82) is 0 Å². The number of ether oxygens (including phenoxy) is 1. The van der Waals surface area contributed by atoms with Crippen LogP contribution >= 0.6 is 0 Å². The van der Waals surface area contributed by atoms with Gasteiger partial charge in [-0.3, -0.25) is 4.79 Å². The fourth-order valence-electron chi connectivity index (χ4n) is 1.10. The zero-order valence-electron chi connectivity index (χ0n) is 9.64. The Morgan fingerprint density at radius 2 is 1.94 bits per heavy atom. The third-order valence-electron chi connectivity index (χ3n) is 1.95. The number of hydrogen-bond acceptors (Lipinski definition) is 4. The van der Waals surface area contributed by atoms with Gasteiger partial charge in [0.1, 0.15) is 0 Å². The van der Waals surface area contributed by atoms with Gasteiger partial charge in [-0.1, -0.05) is 18.2 Å². The molecule has 92 valence electrons. The van der Waals surface area contributed by atoms with Gasteiger partial charge in [-0.25, -0.2) is 4.79 Å². The Hall–Kier alpha value is -1.88. The van der Waals surface area contributed by atoms with Crippen molar-refractivity contribution in [2.45, 2.75) is 13.3 Å². The number of rotatable bonds is 5. The molecule has 0 saturated heterocycles. The topological polar surface area (TPSA) is 64.6 Å². The molecular weight excluding hydrogens is 222 g/mol. The van der Waals surface area contributed by atoms with Crippen LogP contribution in [0.3, 0.4) is 0 Å². The number of hydroxylamine groups is 1. The lowest BCUT2D eigenvalue weighted by Crippen LogP contribution is -2.27. The van der Waals surface area contributed by atoms with Crippen LogP contribution in [-0.4, -0.2) is 25.1 Å². The second-order valence-electron chi connectivity index (χ2n) is 3.22. The molecule has 17 heavy (non-hydrogen) atoms. The first-order valence-corrected chi connectivity index (χ1v) is 5.37. The van der Waals surface area contributed by atoms with Crippen molar-refractivity contribution in [2.75, 3.05) is 13.2 Å². The molecule has 1 aromatic carbocycles. The summed E-state index contributed by atoms with van der Waals surface area (Å²) in [6.07, 6.45) is 0.114. The first-order valence-electron chi connectivity index (χ1n) is 5.37. The fraction of sp³-hybridized carbons (Fsp3) is 0.333. The first kappa shape index (κ1) is 13.2. The summed E-state index contributed by atoms with van der Waals surface area (Å²) >= 11 is 0. The molecule has 0 bridgehead atoms. The monoisotopic (exact) mass is 237 g/mol. The standard InChI is InChI=1S/C12H15NO4/c1-2-16-9-8-11(14)17-13-12(15)10-6-4-3-5-7-10/h3-7H,2,8-9H2,1H3,(H,13,15). The Bertz CT molecular complexity index is 364. The number of carbonyl (C=O) groups excluding carboxylic acids is 2. The van der Waals surface area contributed by atoms with E-state index >= 15 is 0 Å². The van der Waals surface area contributed by atoms with Crippen LogP contribution in [0.15, 0.2) is 30.3 Å². The van der Waals surface area contributed by atoms with Crippen LogP contribution in [-0.2, 0) is 14.4 Å². The molecule has 1 N–H and O–H groups in total. The zero-order chi connectivity index (χ0) is 12.5. The van der Waals surface area contributed by atoms with Crippen LogP contribution in [0.2, 0.25) is 0 Å². The Balaban J connectivity index is 2.26. The van der Waals surface area contributed by atoms with Crippen molar-refractivity contribution in [1.82, 2.24) is 5.48 Å². The minimum atomic E-state index is -0.525. The van der Waals surface area contributed by atoms with Gasteiger partial charge in [-0.05, 0) is 19.1 Å². The average molecular weight is 237 g/mol. The molecule has 0 radical (unpaired) electrons. The molecular formula is C12H15NO4. The Morgan fingerprint density at radius 3 is 2.59 bits per heavy atom. The van der Waals surface area contributed by atoms with E-state index in [1.807, 2.05) is 6.92 Å². The van der Waals surface area contributed by atoms with Gasteiger partial charge in [0.15, 0.2) is 0 Å². The molecule has 1 rings (SSSR count). The molecule has 1 aromatic rings. The van der Waals surface area contributed by atoms with E-state index in [1.165, 1.54) is 0 Å². The number of benzene rings is 1. The van der Waals surface area contributed by atoms with Crippen LogP contribution < -0.4 is 5.48 Å². The van der Waals surface area contributed by atoms with Gasteiger partial charge in [0.05, 0.1) is 13.0 Å². The SMILES string of the molecule is CCOCCC(=O)ONC(=O)c1ccccc1. The summed E-state index contributed by atoms with van der Waals surface area (Å²) < 4.78 is 4.98. The average Bonchev–Trinajstić information content (AvgIpc) is 2.37. The number of amides is 1. The van der Waals surface area contributed by atoms with Crippen LogP contribution in [0.1, 0.15) is 23.7 Å². The van der Waals surface area contributed by atoms with Gasteiger partial charge >= 0.3 is 5.97 Å². The molecule has 5 nitrogen and oxygen atoms in total. The Labute approximate surface area is 99.7 Å². The van der Waals surface area contributed by atoms with Crippen molar-refractivity contribution in [3.8, 4) is 0 Å². The third kappa shape index (κ3) is 5.12. The molecule has 0 fully saturated rings. The van der Waals surface area contributed by atoms with E-state index in [4.69, 9.17) is 4.74 Å². The second kappa shape index (κ2) is 7.40. The van der Waals surface area contributed by atoms with Crippen LogP contribution in [0.4, 0.5) is 0 Å². The van der Waals surface area contributed by atoms with Gasteiger partial charge in [0, 0.05) is 12.2 Å². The minimum absolute atomic E-state index is 0.114. The lowest BCUT2D eigenvalue weighted by molar-refractivity contribution is -0.150. The summed E-state index contributed by atoms with van der Waals surface area (Å²) in [6, 6.07) is 8.51. The van der Waals surface area contributed by atoms with Crippen LogP contribution in [0.5, 0.6) is 0 Å². The summed E-state index contributed by atoms with van der Waals surface area (Å²) in [5.74, 6) is -0.974. The lowest BCUT2D eigenvalue weighted by Gasteiger charge is -2.05. The Morgan fingerprint density at radius 1 is 1.24 bits per heavy atom. The highest BCUT2D eigenvalue weighted by Crippen LogP contribution is 1.97. The first-order chi connectivity index (χ1) is 8.24. The molecule has 0 spiro atoms. The van der Waals surface area contributed by atoms with Crippen molar-refractivity contribution >= 4 is 11.9 Å². The molecule has 0 unspecified atom stereocenters. The van der Waals surface area contributed by atoms with Gasteiger partial charge in [0.25, 0.3) is 5.91 Å². The Kier molecular flexibility index (Phi) is 5.74. The summed E-state index contributed by atoms with van der Waals surface area (Å²) in [5, 5.41) is 0. The van der Waals surface area contributed by atoms with E-state index in [2.05, 4.69) is 10.3 Å². The van der Waals surface area contributed by atoms with Gasteiger partial charge < -0.3 is 9.57 Å². The van der Waals surface area contributed by atoms with Crippen molar-refractivity contribution in [2.24, 2.45) is 0 Å². The van der Waals surface area contributed by atoms with E-state index < -0.39 is 11.9 Å². The van der Waals surface area contributed by atoms with Crippen molar-refractivity contribution in [3.63, 3.8) is 0 Å². The maximum absolute atomic E-state index is 11.5. The van der Waals surface area contributed by atoms with Gasteiger partial charge in [0.2, 0.25) is 0 Å². The van der Waals surface area contributed by atoms with E-state index in [1.54, 1.807) is 30.3 Å². The lowest BCUT2D eigenvalue weighted by atomic mass is 10.2. The minimum Gasteiger partial charge on any atom is -0.381 e. The van der Waals surface area contributed by atoms with Crippen LogP contribution in [0.25, 0.3) is 0 Å². The van der Waals surface area contributed by atoms with E-state index in [0.717, 1.165) is 0 Å². The van der Waals surface area contributed by atoms with Gasteiger partial charge in [-0.15, -0.1) is 0 Å². The molecule has 0 aliphatic rings. The van der Waals surface area contributed by atoms with Gasteiger partial charge in [-0.2, -0.15) is 5.48 Å². The maximum atomic E-state index is 11.5. The molecule has 0 aliphatic carbocycles. The maximum Gasteiger partial charge on any atom is 0.334 e. The summed E-state index contributed by atoms with van der Waals surface area (Å²) in [6.45, 7) is 2.67. The summed E-state index contributed by atoms with van der Waals surface area (Å²) in [4.78, 5) is 27.2. The highest BCUT2D eigenvalue weighted by atomic mass is 16.7. The van der Waals surface area contributed by atoms with Crippen LogP contribution in [0, 0.1) is 0 Å². The molecule has 1 amide bonds. The largest absolute Gasteiger partial charge is 0.381 e. The molecule has 5 heteroatoms. The third-order valence-corrected chi connectivity index (χ3v) is 1.95. The zero-order valence-corrected chi connectivity index (χ0v) is 9.64. The molecule has 0 atom stereocenters. The highest BCUT2D eigenvalue weighted by molar-refractivity contribution is 5.94. The second-order valence-corrected chi connectivity index (χ2v) is 3.22. The van der Waals surface area contributed by atoms with E-state index in [9.17, 15) is 9.59 Å². The summed E-state index contributed by atoms with van der Waals surface area (Å²) in [7, 11) is 0. The van der Waals surface area contributed by atoms with Crippen molar-refractivity contribution < 1.29 is 19.2 Å². The summed E-state index contributed by atoms with van der Waals surface area (Å²) in [5.41, 5.74) is 2.52.